The SMILES string of the molecule is COc1cc(C)ccc1CC(C)C(=O)O. The minimum absolute atomic E-state index is 0.387. The molecular formula is C12H16O3. The van der Waals surface area contributed by atoms with Crippen molar-refractivity contribution in [2.24, 2.45) is 5.92 Å². The van der Waals surface area contributed by atoms with Crippen molar-refractivity contribution in [3.8, 4) is 5.75 Å². The van der Waals surface area contributed by atoms with E-state index in [0.717, 1.165) is 16.9 Å². The lowest BCUT2D eigenvalue weighted by Gasteiger charge is -2.11. The number of carboxylic acid groups (broad SMARTS) is 1. The van der Waals surface area contributed by atoms with Crippen LogP contribution in [0.5, 0.6) is 5.75 Å². The fourth-order valence-electron chi connectivity index (χ4n) is 1.44. The maximum Gasteiger partial charge on any atom is 0.306 e. The summed E-state index contributed by atoms with van der Waals surface area (Å²) >= 11 is 0. The Kier molecular flexibility index (Phi) is 3.72. The highest BCUT2D eigenvalue weighted by Gasteiger charge is 2.14. The van der Waals surface area contributed by atoms with Crippen molar-refractivity contribution in [1.29, 1.82) is 0 Å². The molecule has 1 aromatic carbocycles. The molecule has 1 atom stereocenters. The van der Waals surface area contributed by atoms with Gasteiger partial charge in [-0.05, 0) is 30.5 Å². The monoisotopic (exact) mass is 208 g/mol. The van der Waals surface area contributed by atoms with Crippen molar-refractivity contribution in [3.63, 3.8) is 0 Å². The Labute approximate surface area is 89.7 Å². The van der Waals surface area contributed by atoms with Crippen molar-refractivity contribution in [1.82, 2.24) is 0 Å². The Morgan fingerprint density at radius 2 is 2.20 bits per heavy atom. The van der Waals surface area contributed by atoms with Gasteiger partial charge in [0.2, 0.25) is 0 Å². The summed E-state index contributed by atoms with van der Waals surface area (Å²) in [7, 11) is 1.60. The molecule has 3 nitrogen and oxygen atoms in total. The van der Waals surface area contributed by atoms with Gasteiger partial charge in [0.1, 0.15) is 5.75 Å². The van der Waals surface area contributed by atoms with E-state index in [1.165, 1.54) is 0 Å². The van der Waals surface area contributed by atoms with E-state index < -0.39 is 5.97 Å². The first-order valence-corrected chi connectivity index (χ1v) is 4.91. The van der Waals surface area contributed by atoms with E-state index in [-0.39, 0.29) is 5.92 Å². The van der Waals surface area contributed by atoms with Crippen LogP contribution in [-0.2, 0) is 11.2 Å². The number of benzene rings is 1. The zero-order chi connectivity index (χ0) is 11.4. The Hall–Kier alpha value is -1.51. The van der Waals surface area contributed by atoms with Crippen LogP contribution in [0.1, 0.15) is 18.1 Å². The van der Waals surface area contributed by atoms with E-state index in [0.29, 0.717) is 6.42 Å². The molecule has 0 spiro atoms. The molecule has 0 saturated heterocycles. The topological polar surface area (TPSA) is 46.5 Å². The predicted octanol–water partition coefficient (Wildman–Crippen LogP) is 2.27. The maximum absolute atomic E-state index is 10.7. The summed E-state index contributed by atoms with van der Waals surface area (Å²) in [5.74, 6) is -0.401. The second kappa shape index (κ2) is 4.82. The van der Waals surface area contributed by atoms with E-state index in [4.69, 9.17) is 9.84 Å². The van der Waals surface area contributed by atoms with E-state index in [2.05, 4.69) is 0 Å². The highest BCUT2D eigenvalue weighted by Crippen LogP contribution is 2.22. The number of carboxylic acids is 1. The molecular weight excluding hydrogens is 192 g/mol. The van der Waals surface area contributed by atoms with Crippen molar-refractivity contribution < 1.29 is 14.6 Å². The molecule has 0 aromatic heterocycles. The minimum atomic E-state index is -0.780. The molecule has 0 saturated carbocycles. The minimum Gasteiger partial charge on any atom is -0.496 e. The van der Waals surface area contributed by atoms with E-state index in [9.17, 15) is 4.79 Å². The normalized spacial score (nSPS) is 12.2. The summed E-state index contributed by atoms with van der Waals surface area (Å²) in [5, 5.41) is 8.82. The summed E-state index contributed by atoms with van der Waals surface area (Å²) in [6.07, 6.45) is 0.499. The number of methoxy groups -OCH3 is 1. The Balaban J connectivity index is 2.89. The number of ether oxygens (including phenoxy) is 1. The Morgan fingerprint density at radius 3 is 2.73 bits per heavy atom. The number of rotatable bonds is 4. The highest BCUT2D eigenvalue weighted by molar-refractivity contribution is 5.70. The van der Waals surface area contributed by atoms with Gasteiger partial charge in [0.25, 0.3) is 0 Å². The summed E-state index contributed by atoms with van der Waals surface area (Å²) in [5.41, 5.74) is 2.05. The molecule has 0 bridgehead atoms. The number of hydrogen-bond acceptors (Lipinski definition) is 2. The standard InChI is InChI=1S/C12H16O3/c1-8-4-5-10(11(6-8)15-3)7-9(2)12(13)14/h4-6,9H,7H2,1-3H3,(H,13,14). The number of carbonyl (C=O) groups is 1. The lowest BCUT2D eigenvalue weighted by atomic mass is 9.99. The molecule has 15 heavy (non-hydrogen) atoms. The van der Waals surface area contributed by atoms with Gasteiger partial charge in [-0.1, -0.05) is 19.1 Å². The van der Waals surface area contributed by atoms with Gasteiger partial charge >= 0.3 is 5.97 Å². The third kappa shape index (κ3) is 2.98. The fourth-order valence-corrected chi connectivity index (χ4v) is 1.44. The molecule has 82 valence electrons. The molecule has 0 aliphatic rings. The third-order valence-electron chi connectivity index (χ3n) is 2.39. The highest BCUT2D eigenvalue weighted by atomic mass is 16.5. The lowest BCUT2D eigenvalue weighted by molar-refractivity contribution is -0.141. The van der Waals surface area contributed by atoms with Crippen LogP contribution in [0.15, 0.2) is 18.2 Å². The molecule has 0 amide bonds. The van der Waals surface area contributed by atoms with Gasteiger partial charge in [0, 0.05) is 0 Å². The molecule has 0 heterocycles. The van der Waals surface area contributed by atoms with Gasteiger partial charge in [-0.2, -0.15) is 0 Å². The van der Waals surface area contributed by atoms with Crippen LogP contribution in [-0.4, -0.2) is 18.2 Å². The van der Waals surface area contributed by atoms with Gasteiger partial charge in [-0.15, -0.1) is 0 Å². The van der Waals surface area contributed by atoms with Gasteiger partial charge < -0.3 is 9.84 Å². The van der Waals surface area contributed by atoms with E-state index in [1.54, 1.807) is 14.0 Å². The Morgan fingerprint density at radius 1 is 1.53 bits per heavy atom. The summed E-state index contributed by atoms with van der Waals surface area (Å²) in [4.78, 5) is 10.7. The fraction of sp³-hybridized carbons (Fsp3) is 0.417. The summed E-state index contributed by atoms with van der Waals surface area (Å²) < 4.78 is 5.21. The van der Waals surface area contributed by atoms with E-state index >= 15 is 0 Å². The average molecular weight is 208 g/mol. The molecule has 0 aliphatic heterocycles. The van der Waals surface area contributed by atoms with Gasteiger partial charge in [-0.25, -0.2) is 0 Å². The van der Waals surface area contributed by atoms with Gasteiger partial charge in [-0.3, -0.25) is 4.79 Å². The second-order valence-corrected chi connectivity index (χ2v) is 3.76. The predicted molar refractivity (Wildman–Crippen MR) is 58.2 cm³/mol. The molecule has 0 aliphatic carbocycles. The summed E-state index contributed by atoms with van der Waals surface area (Å²) in [6.45, 7) is 3.68. The summed E-state index contributed by atoms with van der Waals surface area (Å²) in [6, 6.07) is 5.81. The smallest absolute Gasteiger partial charge is 0.306 e. The maximum atomic E-state index is 10.7. The zero-order valence-corrected chi connectivity index (χ0v) is 9.28. The first-order chi connectivity index (χ1) is 7.04. The van der Waals surface area contributed by atoms with Crippen molar-refractivity contribution in [2.45, 2.75) is 20.3 Å². The van der Waals surface area contributed by atoms with Crippen molar-refractivity contribution in [2.75, 3.05) is 7.11 Å². The van der Waals surface area contributed by atoms with Crippen LogP contribution < -0.4 is 4.74 Å². The van der Waals surface area contributed by atoms with Gasteiger partial charge in [0.15, 0.2) is 0 Å². The zero-order valence-electron chi connectivity index (χ0n) is 9.28. The molecule has 1 unspecified atom stereocenters. The quantitative estimate of drug-likeness (QED) is 0.825. The number of aryl methyl sites for hydroxylation is 1. The number of aliphatic carboxylic acids is 1. The largest absolute Gasteiger partial charge is 0.496 e. The van der Waals surface area contributed by atoms with E-state index in [1.807, 2.05) is 25.1 Å². The number of hydrogen-bond donors (Lipinski definition) is 1. The third-order valence-corrected chi connectivity index (χ3v) is 2.39. The molecule has 0 fully saturated rings. The van der Waals surface area contributed by atoms with Crippen LogP contribution in [0.4, 0.5) is 0 Å². The van der Waals surface area contributed by atoms with Crippen LogP contribution in [0.2, 0.25) is 0 Å². The molecule has 1 N–H and O–H groups in total. The molecule has 1 aromatic rings. The van der Waals surface area contributed by atoms with Crippen LogP contribution >= 0.6 is 0 Å². The molecule has 3 heteroatoms. The van der Waals surface area contributed by atoms with Crippen molar-refractivity contribution in [3.05, 3.63) is 29.3 Å². The van der Waals surface area contributed by atoms with Gasteiger partial charge in [0.05, 0.1) is 13.0 Å². The van der Waals surface area contributed by atoms with Crippen LogP contribution in [0.3, 0.4) is 0 Å². The Bertz CT molecular complexity index is 358. The van der Waals surface area contributed by atoms with Crippen LogP contribution in [0.25, 0.3) is 0 Å². The first-order valence-electron chi connectivity index (χ1n) is 4.91. The lowest BCUT2D eigenvalue weighted by Crippen LogP contribution is -2.12. The first kappa shape index (κ1) is 11.6. The molecule has 0 radical (unpaired) electrons. The van der Waals surface area contributed by atoms with Crippen molar-refractivity contribution >= 4 is 5.97 Å². The second-order valence-electron chi connectivity index (χ2n) is 3.76. The van der Waals surface area contributed by atoms with Crippen LogP contribution in [0, 0.1) is 12.8 Å². The average Bonchev–Trinajstić information content (AvgIpc) is 2.20. The molecule has 1 rings (SSSR count).